The first kappa shape index (κ1) is 25.0. The van der Waals surface area contributed by atoms with Gasteiger partial charge >= 0.3 is 6.18 Å². The van der Waals surface area contributed by atoms with Gasteiger partial charge in [-0.15, -0.1) is 0 Å². The van der Waals surface area contributed by atoms with Crippen LogP contribution in [0.15, 0.2) is 47.5 Å². The monoisotopic (exact) mass is 484 g/mol. The first-order valence-electron chi connectivity index (χ1n) is 10.6. The number of sulfonamides is 1. The summed E-state index contributed by atoms with van der Waals surface area (Å²) in [6.45, 7) is 4.92. The van der Waals surface area contributed by atoms with E-state index in [-0.39, 0.29) is 41.2 Å². The Bertz CT molecular complexity index is 1080. The van der Waals surface area contributed by atoms with E-state index in [0.29, 0.717) is 13.1 Å². The molecule has 0 radical (unpaired) electrons. The summed E-state index contributed by atoms with van der Waals surface area (Å²) in [5.41, 5.74) is -0.737. The average Bonchev–Trinajstić information content (AvgIpc) is 2.75. The van der Waals surface area contributed by atoms with Gasteiger partial charge in [0.05, 0.1) is 10.5 Å². The van der Waals surface area contributed by atoms with E-state index in [4.69, 9.17) is 0 Å². The Labute approximate surface area is 191 Å². The van der Waals surface area contributed by atoms with Crippen molar-refractivity contribution in [3.63, 3.8) is 0 Å². The van der Waals surface area contributed by atoms with Crippen LogP contribution in [0.2, 0.25) is 0 Å². The number of hydrogen-bond donors (Lipinski definition) is 2. The van der Waals surface area contributed by atoms with Crippen molar-refractivity contribution in [1.29, 1.82) is 0 Å². The van der Waals surface area contributed by atoms with E-state index < -0.39 is 27.7 Å². The summed E-state index contributed by atoms with van der Waals surface area (Å²) >= 11 is 0. The van der Waals surface area contributed by atoms with Crippen molar-refractivity contribution in [2.75, 3.05) is 31.5 Å². The van der Waals surface area contributed by atoms with E-state index in [9.17, 15) is 26.4 Å². The number of aromatic nitrogens is 1. The zero-order valence-electron chi connectivity index (χ0n) is 18.4. The molecule has 2 heterocycles. The Morgan fingerprint density at radius 1 is 1.12 bits per heavy atom. The maximum Gasteiger partial charge on any atom is 0.419 e. The van der Waals surface area contributed by atoms with Crippen LogP contribution in [-0.4, -0.2) is 49.8 Å². The van der Waals surface area contributed by atoms with Crippen LogP contribution in [0, 0.1) is 11.8 Å². The van der Waals surface area contributed by atoms with Gasteiger partial charge in [-0.2, -0.15) is 17.5 Å². The molecule has 2 atom stereocenters. The first-order chi connectivity index (χ1) is 15.5. The molecule has 11 heteroatoms. The van der Waals surface area contributed by atoms with Crippen LogP contribution in [0.3, 0.4) is 0 Å². The summed E-state index contributed by atoms with van der Waals surface area (Å²) in [6, 6.07) is 7.88. The normalized spacial score (nSPS) is 19.8. The Balaban J connectivity index is 1.61. The quantitative estimate of drug-likeness (QED) is 0.586. The van der Waals surface area contributed by atoms with Crippen molar-refractivity contribution in [3.05, 3.63) is 53.7 Å². The second-order valence-electron chi connectivity index (χ2n) is 8.38. The maximum absolute atomic E-state index is 13.1. The highest BCUT2D eigenvalue weighted by atomic mass is 32.2. The molecule has 2 unspecified atom stereocenters. The molecule has 7 nitrogen and oxygen atoms in total. The molecule has 0 saturated carbocycles. The molecule has 1 aliphatic rings. The number of benzene rings is 1. The summed E-state index contributed by atoms with van der Waals surface area (Å²) in [4.78, 5) is 16.2. The summed E-state index contributed by atoms with van der Waals surface area (Å²) in [7, 11) is -3.74. The molecule has 1 saturated heterocycles. The highest BCUT2D eigenvalue weighted by Crippen LogP contribution is 2.33. The highest BCUT2D eigenvalue weighted by molar-refractivity contribution is 7.89. The Morgan fingerprint density at radius 3 is 2.48 bits per heavy atom. The number of nitrogens with zero attached hydrogens (tertiary/aromatic N) is 2. The van der Waals surface area contributed by atoms with Gasteiger partial charge in [0.25, 0.3) is 5.91 Å². The SMILES string of the molecule is CC1CC(C)CN(S(=O)(=O)c2cccc(C(=O)NCCNc3ncccc3C(F)(F)F)c2)C1. The third-order valence-electron chi connectivity index (χ3n) is 5.39. The van der Waals surface area contributed by atoms with Crippen molar-refractivity contribution in [2.24, 2.45) is 11.8 Å². The summed E-state index contributed by atoms with van der Waals surface area (Å²) in [5, 5.41) is 5.15. The number of hydrogen-bond acceptors (Lipinski definition) is 5. The fraction of sp³-hybridized carbons (Fsp3) is 0.455. The number of amides is 1. The number of pyridine rings is 1. The van der Waals surface area contributed by atoms with E-state index in [1.54, 1.807) is 0 Å². The summed E-state index contributed by atoms with van der Waals surface area (Å²) in [6.07, 6.45) is -2.34. The molecule has 0 bridgehead atoms. The summed E-state index contributed by atoms with van der Waals surface area (Å²) < 4.78 is 66.6. The minimum atomic E-state index is -4.55. The number of anilines is 1. The van der Waals surface area contributed by atoms with Crippen molar-refractivity contribution < 1.29 is 26.4 Å². The van der Waals surface area contributed by atoms with Gasteiger partial charge in [-0.05, 0) is 48.6 Å². The van der Waals surface area contributed by atoms with E-state index in [1.165, 1.54) is 40.8 Å². The Hall–Kier alpha value is -2.66. The van der Waals surface area contributed by atoms with Gasteiger partial charge < -0.3 is 10.6 Å². The second-order valence-corrected chi connectivity index (χ2v) is 10.3. The lowest BCUT2D eigenvalue weighted by atomic mass is 9.94. The molecule has 2 aromatic rings. The number of carbonyl (C=O) groups is 1. The smallest absolute Gasteiger partial charge is 0.368 e. The predicted octanol–water partition coefficient (Wildman–Crippen LogP) is 3.61. The minimum Gasteiger partial charge on any atom is -0.368 e. The van der Waals surface area contributed by atoms with E-state index in [2.05, 4.69) is 15.6 Å². The van der Waals surface area contributed by atoms with Crippen molar-refractivity contribution >= 4 is 21.7 Å². The van der Waals surface area contributed by atoms with Gasteiger partial charge in [-0.25, -0.2) is 13.4 Å². The molecule has 0 spiro atoms. The topological polar surface area (TPSA) is 91.4 Å². The maximum atomic E-state index is 13.1. The molecule has 1 amide bonds. The molecular weight excluding hydrogens is 457 g/mol. The van der Waals surface area contributed by atoms with E-state index >= 15 is 0 Å². The standard InChI is InChI=1S/C22H27F3N4O3S/c1-15-11-16(2)14-29(13-15)33(31,32)18-6-3-5-17(12-18)21(30)28-10-9-27-20-19(22(23,24)25)7-4-8-26-20/h3-8,12,15-16H,9-11,13-14H2,1-2H3,(H,26,27)(H,28,30). The van der Waals surface area contributed by atoms with Crippen LogP contribution in [-0.2, 0) is 16.2 Å². The van der Waals surface area contributed by atoms with E-state index in [0.717, 1.165) is 12.5 Å². The van der Waals surface area contributed by atoms with Gasteiger partial charge in [0.1, 0.15) is 5.82 Å². The lowest BCUT2D eigenvalue weighted by molar-refractivity contribution is -0.137. The first-order valence-corrected chi connectivity index (χ1v) is 12.1. The molecule has 180 valence electrons. The molecule has 1 aromatic heterocycles. The van der Waals surface area contributed by atoms with Crippen LogP contribution in [0.1, 0.15) is 36.2 Å². The minimum absolute atomic E-state index is 0.00732. The van der Waals surface area contributed by atoms with Gasteiger partial charge in [-0.3, -0.25) is 4.79 Å². The number of alkyl halides is 3. The third-order valence-corrected chi connectivity index (χ3v) is 7.21. The Morgan fingerprint density at radius 2 is 1.82 bits per heavy atom. The predicted molar refractivity (Wildman–Crippen MR) is 118 cm³/mol. The molecule has 1 aliphatic heterocycles. The van der Waals surface area contributed by atoms with Crippen LogP contribution in [0.4, 0.5) is 19.0 Å². The summed E-state index contributed by atoms with van der Waals surface area (Å²) in [5.74, 6) is -0.345. The Kier molecular flexibility index (Phi) is 7.63. The van der Waals surface area contributed by atoms with Crippen LogP contribution in [0.25, 0.3) is 0 Å². The number of nitrogens with one attached hydrogen (secondary N) is 2. The van der Waals surface area contributed by atoms with Crippen molar-refractivity contribution in [3.8, 4) is 0 Å². The molecule has 33 heavy (non-hydrogen) atoms. The van der Waals surface area contributed by atoms with Crippen molar-refractivity contribution in [2.45, 2.75) is 31.3 Å². The largest absolute Gasteiger partial charge is 0.419 e. The molecule has 2 N–H and O–H groups in total. The number of piperidine rings is 1. The van der Waals surface area contributed by atoms with Gasteiger partial charge in [0.15, 0.2) is 0 Å². The zero-order chi connectivity index (χ0) is 24.2. The van der Waals surface area contributed by atoms with Crippen LogP contribution < -0.4 is 10.6 Å². The van der Waals surface area contributed by atoms with Gasteiger partial charge in [0.2, 0.25) is 10.0 Å². The molecule has 3 rings (SSSR count). The number of carbonyl (C=O) groups excluding carboxylic acids is 1. The fourth-order valence-corrected chi connectivity index (χ4v) is 5.71. The molecule has 0 aliphatic carbocycles. The zero-order valence-corrected chi connectivity index (χ0v) is 19.2. The fourth-order valence-electron chi connectivity index (χ4n) is 3.98. The molecule has 1 aromatic carbocycles. The van der Waals surface area contributed by atoms with Gasteiger partial charge in [0, 0.05) is 37.9 Å². The number of halogens is 3. The highest BCUT2D eigenvalue weighted by Gasteiger charge is 2.34. The number of rotatable bonds is 7. The van der Waals surface area contributed by atoms with Crippen molar-refractivity contribution in [1.82, 2.24) is 14.6 Å². The average molecular weight is 485 g/mol. The molecule has 1 fully saturated rings. The van der Waals surface area contributed by atoms with Crippen LogP contribution >= 0.6 is 0 Å². The lowest BCUT2D eigenvalue weighted by Crippen LogP contribution is -2.42. The second kappa shape index (κ2) is 10.1. The van der Waals surface area contributed by atoms with Gasteiger partial charge in [-0.1, -0.05) is 19.9 Å². The lowest BCUT2D eigenvalue weighted by Gasteiger charge is -2.34. The third kappa shape index (κ3) is 6.23. The van der Waals surface area contributed by atoms with E-state index in [1.807, 2.05) is 13.8 Å². The molecular formula is C22H27F3N4O3S. The van der Waals surface area contributed by atoms with Crippen LogP contribution in [0.5, 0.6) is 0 Å².